The number of hydrogen-bond donors (Lipinski definition) is 2. The van der Waals surface area contributed by atoms with Gasteiger partial charge in [0.05, 0.1) is 11.0 Å². The number of aromatic nitrogens is 2. The van der Waals surface area contributed by atoms with Crippen molar-refractivity contribution in [3.05, 3.63) is 30.1 Å². The molecule has 0 bridgehead atoms. The van der Waals surface area contributed by atoms with Crippen LogP contribution in [0, 0.1) is 5.41 Å². The Hall–Kier alpha value is -2.58. The molecule has 0 radical (unpaired) electrons. The minimum atomic E-state index is -4.70. The van der Waals surface area contributed by atoms with Crippen molar-refractivity contribution in [1.29, 1.82) is 0 Å². The number of benzene rings is 1. The molecule has 0 fully saturated rings. The Kier molecular flexibility index (Phi) is 5.05. The maximum Gasteiger partial charge on any atom is 0.449 e. The summed E-state index contributed by atoms with van der Waals surface area (Å²) >= 11 is 0. The van der Waals surface area contributed by atoms with Crippen molar-refractivity contribution in [2.45, 2.75) is 39.9 Å². The Balaban J connectivity index is 2.14. The van der Waals surface area contributed by atoms with E-state index in [0.717, 1.165) is 4.57 Å². The number of alkyl halides is 3. The van der Waals surface area contributed by atoms with E-state index in [0.29, 0.717) is 0 Å². The number of hydrogen-bond acceptors (Lipinski definition) is 3. The molecule has 1 aromatic heterocycles. The van der Waals surface area contributed by atoms with Crippen LogP contribution in [-0.4, -0.2) is 21.4 Å². The van der Waals surface area contributed by atoms with Gasteiger partial charge in [-0.05, 0) is 17.5 Å². The number of hydrazine groups is 1. The molecule has 9 heteroatoms. The van der Waals surface area contributed by atoms with E-state index < -0.39 is 30.4 Å². The Morgan fingerprint density at radius 2 is 1.68 bits per heavy atom. The summed E-state index contributed by atoms with van der Waals surface area (Å²) in [6.45, 7) is 4.93. The van der Waals surface area contributed by atoms with Crippen molar-refractivity contribution in [3.8, 4) is 0 Å². The number of nitrogens with one attached hydrogen (secondary N) is 2. The van der Waals surface area contributed by atoms with Crippen molar-refractivity contribution in [1.82, 2.24) is 20.4 Å². The van der Waals surface area contributed by atoms with E-state index in [1.54, 1.807) is 12.1 Å². The summed E-state index contributed by atoms with van der Waals surface area (Å²) in [6.07, 6.45) is -4.54. The average Bonchev–Trinajstić information content (AvgIpc) is 2.82. The first-order valence-electron chi connectivity index (χ1n) is 7.57. The minimum absolute atomic E-state index is 0.138. The van der Waals surface area contributed by atoms with E-state index in [1.807, 2.05) is 20.8 Å². The molecule has 0 atom stereocenters. The Labute approximate surface area is 142 Å². The van der Waals surface area contributed by atoms with Gasteiger partial charge in [0.2, 0.25) is 11.7 Å². The lowest BCUT2D eigenvalue weighted by Gasteiger charge is -2.17. The van der Waals surface area contributed by atoms with Crippen LogP contribution in [0.15, 0.2) is 24.3 Å². The second-order valence-corrected chi connectivity index (χ2v) is 6.84. The van der Waals surface area contributed by atoms with Crippen LogP contribution in [0.1, 0.15) is 33.0 Å². The third-order valence-corrected chi connectivity index (χ3v) is 3.24. The third kappa shape index (κ3) is 4.94. The Bertz CT molecular complexity index is 791. The van der Waals surface area contributed by atoms with Gasteiger partial charge in [-0.25, -0.2) is 4.98 Å². The molecule has 6 nitrogen and oxygen atoms in total. The molecule has 2 N–H and O–H groups in total. The van der Waals surface area contributed by atoms with Gasteiger partial charge in [-0.2, -0.15) is 13.2 Å². The third-order valence-electron chi connectivity index (χ3n) is 3.24. The van der Waals surface area contributed by atoms with Crippen molar-refractivity contribution >= 4 is 22.8 Å². The maximum atomic E-state index is 13.2. The zero-order valence-corrected chi connectivity index (χ0v) is 14.1. The highest BCUT2D eigenvalue weighted by atomic mass is 19.4. The molecule has 0 spiro atoms. The van der Waals surface area contributed by atoms with Crippen LogP contribution in [0.25, 0.3) is 11.0 Å². The average molecular weight is 356 g/mol. The van der Waals surface area contributed by atoms with Gasteiger partial charge in [0.15, 0.2) is 0 Å². The fourth-order valence-electron chi connectivity index (χ4n) is 2.30. The van der Waals surface area contributed by atoms with Crippen LogP contribution in [0.5, 0.6) is 0 Å². The molecule has 136 valence electrons. The summed E-state index contributed by atoms with van der Waals surface area (Å²) < 4.78 is 40.2. The predicted octanol–water partition coefficient (Wildman–Crippen LogP) is 2.64. The van der Waals surface area contributed by atoms with Crippen molar-refractivity contribution in [2.24, 2.45) is 5.41 Å². The number of halogens is 3. The van der Waals surface area contributed by atoms with Gasteiger partial charge >= 0.3 is 6.18 Å². The van der Waals surface area contributed by atoms with Gasteiger partial charge in [0.1, 0.15) is 6.54 Å². The van der Waals surface area contributed by atoms with Gasteiger partial charge in [-0.15, -0.1) is 0 Å². The summed E-state index contributed by atoms with van der Waals surface area (Å²) in [5.41, 5.74) is 4.38. The highest BCUT2D eigenvalue weighted by molar-refractivity contribution is 5.84. The van der Waals surface area contributed by atoms with Gasteiger partial charge < -0.3 is 4.57 Å². The van der Waals surface area contributed by atoms with Crippen LogP contribution in [0.4, 0.5) is 13.2 Å². The molecule has 1 heterocycles. The van der Waals surface area contributed by atoms with Crippen molar-refractivity contribution in [2.75, 3.05) is 0 Å². The molecule has 0 unspecified atom stereocenters. The summed E-state index contributed by atoms with van der Waals surface area (Å²) in [6, 6.07) is 6.00. The quantitative estimate of drug-likeness (QED) is 0.830. The second-order valence-electron chi connectivity index (χ2n) is 6.84. The predicted molar refractivity (Wildman–Crippen MR) is 85.1 cm³/mol. The Morgan fingerprint density at radius 3 is 2.28 bits per heavy atom. The molecule has 2 amide bonds. The fraction of sp³-hybridized carbons (Fsp3) is 0.438. The molecule has 0 aliphatic rings. The van der Waals surface area contributed by atoms with Gasteiger partial charge in [-0.3, -0.25) is 20.4 Å². The first kappa shape index (κ1) is 18.8. The number of carbonyl (C=O) groups excluding carboxylic acids is 2. The monoisotopic (exact) mass is 356 g/mol. The maximum absolute atomic E-state index is 13.2. The highest BCUT2D eigenvalue weighted by Crippen LogP contribution is 2.31. The standard InChI is InChI=1S/C16H19F3N4O2/c1-15(2,3)8-12(24)21-22-13(25)9-23-11-7-5-4-6-10(11)20-14(23)16(17,18)19/h4-7H,8-9H2,1-3H3,(H,21,24)(H,22,25). The number of fused-ring (bicyclic) bond motifs is 1. The number of carbonyl (C=O) groups is 2. The van der Waals surface area contributed by atoms with E-state index in [2.05, 4.69) is 15.8 Å². The molecule has 0 saturated heterocycles. The number of nitrogens with zero attached hydrogens (tertiary/aromatic N) is 2. The van der Waals surface area contributed by atoms with E-state index in [4.69, 9.17) is 0 Å². The lowest BCUT2D eigenvalue weighted by Crippen LogP contribution is -2.44. The molecular weight excluding hydrogens is 337 g/mol. The first-order chi connectivity index (χ1) is 11.5. The second kappa shape index (κ2) is 6.73. The fourth-order valence-corrected chi connectivity index (χ4v) is 2.30. The smallest absolute Gasteiger partial charge is 0.311 e. The van der Waals surface area contributed by atoms with Crippen LogP contribution in [-0.2, 0) is 22.3 Å². The van der Waals surface area contributed by atoms with E-state index in [1.165, 1.54) is 12.1 Å². The SMILES string of the molecule is CC(C)(C)CC(=O)NNC(=O)Cn1c(C(F)(F)F)nc2ccccc21. The minimum Gasteiger partial charge on any atom is -0.311 e. The summed E-state index contributed by atoms with van der Waals surface area (Å²) in [7, 11) is 0. The van der Waals surface area contributed by atoms with Crippen LogP contribution in [0.3, 0.4) is 0 Å². The molecule has 2 rings (SSSR count). The van der Waals surface area contributed by atoms with Crippen molar-refractivity contribution in [3.63, 3.8) is 0 Å². The first-order valence-corrected chi connectivity index (χ1v) is 7.57. The molecule has 2 aromatic rings. The summed E-state index contributed by atoms with van der Waals surface area (Å²) in [5.74, 6) is -2.37. The lowest BCUT2D eigenvalue weighted by molar-refractivity contribution is -0.147. The summed E-state index contributed by atoms with van der Waals surface area (Å²) in [5, 5.41) is 0. The van der Waals surface area contributed by atoms with E-state index >= 15 is 0 Å². The lowest BCUT2D eigenvalue weighted by atomic mass is 9.92. The van der Waals surface area contributed by atoms with Crippen LogP contribution in [0.2, 0.25) is 0 Å². The Morgan fingerprint density at radius 1 is 1.08 bits per heavy atom. The van der Waals surface area contributed by atoms with E-state index in [9.17, 15) is 22.8 Å². The highest BCUT2D eigenvalue weighted by Gasteiger charge is 2.38. The summed E-state index contributed by atoms with van der Waals surface area (Å²) in [4.78, 5) is 27.2. The normalized spacial score (nSPS) is 12.2. The topological polar surface area (TPSA) is 76.0 Å². The van der Waals surface area contributed by atoms with Gasteiger partial charge in [0.25, 0.3) is 5.91 Å². The zero-order valence-electron chi connectivity index (χ0n) is 14.1. The molecular formula is C16H19F3N4O2. The zero-order chi connectivity index (χ0) is 18.8. The van der Waals surface area contributed by atoms with Crippen molar-refractivity contribution < 1.29 is 22.8 Å². The largest absolute Gasteiger partial charge is 0.449 e. The number of para-hydroxylation sites is 2. The molecule has 0 saturated carbocycles. The van der Waals surface area contributed by atoms with Crippen LogP contribution < -0.4 is 10.9 Å². The molecule has 25 heavy (non-hydrogen) atoms. The number of rotatable bonds is 3. The number of imidazole rings is 1. The molecule has 1 aromatic carbocycles. The molecule has 0 aliphatic heterocycles. The molecule has 0 aliphatic carbocycles. The van der Waals surface area contributed by atoms with Crippen LogP contribution >= 0.6 is 0 Å². The van der Waals surface area contributed by atoms with E-state index in [-0.39, 0.29) is 22.9 Å². The number of amides is 2. The van der Waals surface area contributed by atoms with Gasteiger partial charge in [0, 0.05) is 6.42 Å². The van der Waals surface area contributed by atoms with Gasteiger partial charge in [-0.1, -0.05) is 32.9 Å².